The number of alkyl halides is 3. The van der Waals surface area contributed by atoms with E-state index < -0.39 is 11.9 Å². The molecular formula is C19H23F3O. The Labute approximate surface area is 136 Å². The third-order valence-electron chi connectivity index (χ3n) is 3.08. The molecule has 0 heterocycles. The van der Waals surface area contributed by atoms with Crippen LogP contribution in [-0.4, -0.2) is 12.8 Å². The SMILES string of the molecule is CCCC/C=C/C(/C=C/c1ccccc1)=C(\OCC)C(F)(F)F. The molecule has 0 unspecified atom stereocenters. The number of hydrogen-bond donors (Lipinski definition) is 0. The smallest absolute Gasteiger partial charge is 0.449 e. The van der Waals surface area contributed by atoms with Crippen molar-refractivity contribution in [3.05, 3.63) is 65.5 Å². The van der Waals surface area contributed by atoms with Crippen LogP contribution in [0, 0.1) is 0 Å². The van der Waals surface area contributed by atoms with Crippen molar-refractivity contribution < 1.29 is 17.9 Å². The van der Waals surface area contributed by atoms with Gasteiger partial charge in [-0.2, -0.15) is 13.2 Å². The zero-order chi connectivity index (χ0) is 17.1. The third kappa shape index (κ3) is 7.22. The van der Waals surface area contributed by atoms with E-state index in [0.29, 0.717) is 0 Å². The maximum Gasteiger partial charge on any atom is 0.449 e. The highest BCUT2D eigenvalue weighted by Gasteiger charge is 2.37. The van der Waals surface area contributed by atoms with Crippen LogP contribution >= 0.6 is 0 Å². The number of hydrogen-bond acceptors (Lipinski definition) is 1. The van der Waals surface area contributed by atoms with Gasteiger partial charge in [-0.25, -0.2) is 0 Å². The van der Waals surface area contributed by atoms with Crippen LogP contribution in [0.5, 0.6) is 0 Å². The van der Waals surface area contributed by atoms with Gasteiger partial charge in [-0.3, -0.25) is 0 Å². The minimum atomic E-state index is -4.51. The molecular weight excluding hydrogens is 301 g/mol. The van der Waals surface area contributed by atoms with Crippen LogP contribution in [-0.2, 0) is 4.74 Å². The van der Waals surface area contributed by atoms with E-state index in [4.69, 9.17) is 4.74 Å². The maximum absolute atomic E-state index is 13.2. The second kappa shape index (κ2) is 9.93. The molecule has 0 aromatic heterocycles. The van der Waals surface area contributed by atoms with Gasteiger partial charge in [0.1, 0.15) is 0 Å². The van der Waals surface area contributed by atoms with Gasteiger partial charge in [-0.05, 0) is 18.9 Å². The summed E-state index contributed by atoms with van der Waals surface area (Å²) < 4.78 is 44.5. The lowest BCUT2D eigenvalue weighted by Crippen LogP contribution is -2.16. The standard InChI is InChI=1S/C19H23F3O/c1-3-5-6-10-13-17(18(23-4-2)19(20,21)22)15-14-16-11-8-7-9-12-16/h7-15H,3-6H2,1-2H3/b13-10+,15-14+,18-17+. The van der Waals surface area contributed by atoms with Crippen LogP contribution in [0.4, 0.5) is 13.2 Å². The van der Waals surface area contributed by atoms with Gasteiger partial charge in [0.05, 0.1) is 6.61 Å². The zero-order valence-electron chi connectivity index (χ0n) is 13.6. The van der Waals surface area contributed by atoms with Crippen molar-refractivity contribution in [3.63, 3.8) is 0 Å². The van der Waals surface area contributed by atoms with Crippen molar-refractivity contribution in [2.24, 2.45) is 0 Å². The van der Waals surface area contributed by atoms with E-state index in [0.717, 1.165) is 24.8 Å². The molecule has 0 atom stereocenters. The van der Waals surface area contributed by atoms with Gasteiger partial charge in [0, 0.05) is 5.57 Å². The van der Waals surface area contributed by atoms with Crippen LogP contribution in [0.3, 0.4) is 0 Å². The molecule has 1 nitrogen and oxygen atoms in total. The minimum Gasteiger partial charge on any atom is -0.489 e. The number of rotatable bonds is 8. The highest BCUT2D eigenvalue weighted by atomic mass is 19.4. The summed E-state index contributed by atoms with van der Waals surface area (Å²) in [4.78, 5) is 0. The highest BCUT2D eigenvalue weighted by molar-refractivity contribution is 5.55. The number of benzene rings is 1. The molecule has 0 aliphatic carbocycles. The Morgan fingerprint density at radius 1 is 1.09 bits per heavy atom. The topological polar surface area (TPSA) is 9.23 Å². The molecule has 1 aromatic carbocycles. The lowest BCUT2D eigenvalue weighted by atomic mass is 10.1. The van der Waals surface area contributed by atoms with Gasteiger partial charge < -0.3 is 4.74 Å². The fraction of sp³-hybridized carbons (Fsp3) is 0.368. The molecule has 23 heavy (non-hydrogen) atoms. The van der Waals surface area contributed by atoms with Crippen LogP contribution in [0.25, 0.3) is 6.08 Å². The molecule has 126 valence electrons. The molecule has 0 bridgehead atoms. The normalized spacial score (nSPS) is 13.6. The fourth-order valence-electron chi connectivity index (χ4n) is 1.96. The summed E-state index contributed by atoms with van der Waals surface area (Å²) in [5.41, 5.74) is 0.879. The molecule has 0 saturated carbocycles. The Morgan fingerprint density at radius 3 is 2.35 bits per heavy atom. The van der Waals surface area contributed by atoms with E-state index in [1.807, 2.05) is 37.3 Å². The molecule has 4 heteroatoms. The van der Waals surface area contributed by atoms with E-state index in [2.05, 4.69) is 0 Å². The van der Waals surface area contributed by atoms with Crippen LogP contribution in [0.1, 0.15) is 38.7 Å². The van der Waals surface area contributed by atoms with Gasteiger partial charge in [0.25, 0.3) is 0 Å². The molecule has 1 aromatic rings. The zero-order valence-corrected chi connectivity index (χ0v) is 13.6. The summed E-state index contributed by atoms with van der Waals surface area (Å²) in [5, 5.41) is 0. The van der Waals surface area contributed by atoms with E-state index >= 15 is 0 Å². The highest BCUT2D eigenvalue weighted by Crippen LogP contribution is 2.30. The maximum atomic E-state index is 13.2. The van der Waals surface area contributed by atoms with Crippen molar-refractivity contribution in [2.45, 2.75) is 39.3 Å². The first-order valence-corrected chi connectivity index (χ1v) is 7.83. The monoisotopic (exact) mass is 324 g/mol. The van der Waals surface area contributed by atoms with E-state index in [1.165, 1.54) is 12.2 Å². The Balaban J connectivity index is 3.13. The lowest BCUT2D eigenvalue weighted by Gasteiger charge is -2.14. The molecule has 0 amide bonds. The molecule has 0 radical (unpaired) electrons. The summed E-state index contributed by atoms with van der Waals surface area (Å²) >= 11 is 0. The third-order valence-corrected chi connectivity index (χ3v) is 3.08. The Bertz CT molecular complexity index is 539. The first-order chi connectivity index (χ1) is 11.0. The number of unbranched alkanes of at least 4 members (excludes halogenated alkanes) is 2. The van der Waals surface area contributed by atoms with E-state index in [9.17, 15) is 13.2 Å². The van der Waals surface area contributed by atoms with Gasteiger partial charge in [0.15, 0.2) is 0 Å². The van der Waals surface area contributed by atoms with Crippen molar-refractivity contribution >= 4 is 6.08 Å². The van der Waals surface area contributed by atoms with Gasteiger partial charge in [0.2, 0.25) is 5.76 Å². The summed E-state index contributed by atoms with van der Waals surface area (Å²) in [5.74, 6) is -0.945. The van der Waals surface area contributed by atoms with E-state index in [-0.39, 0.29) is 12.2 Å². The molecule has 0 aliphatic rings. The average Bonchev–Trinajstić information content (AvgIpc) is 2.52. The molecule has 0 fully saturated rings. The molecule has 0 spiro atoms. The van der Waals surface area contributed by atoms with Gasteiger partial charge in [-0.15, -0.1) is 0 Å². The second-order valence-corrected chi connectivity index (χ2v) is 5.00. The van der Waals surface area contributed by atoms with Crippen LogP contribution < -0.4 is 0 Å². The van der Waals surface area contributed by atoms with Crippen molar-refractivity contribution in [1.82, 2.24) is 0 Å². The summed E-state index contributed by atoms with van der Waals surface area (Å²) in [6.07, 6.45) is 4.55. The minimum absolute atomic E-state index is 0.0275. The molecule has 0 saturated heterocycles. The average molecular weight is 324 g/mol. The Hall–Kier alpha value is -1.97. The number of allylic oxidation sites excluding steroid dienone is 5. The van der Waals surface area contributed by atoms with Crippen molar-refractivity contribution in [2.75, 3.05) is 6.61 Å². The fourth-order valence-corrected chi connectivity index (χ4v) is 1.96. The Kier molecular flexibility index (Phi) is 8.23. The Morgan fingerprint density at radius 2 is 1.78 bits per heavy atom. The van der Waals surface area contributed by atoms with Gasteiger partial charge >= 0.3 is 6.18 Å². The first kappa shape index (κ1) is 19.1. The summed E-state index contributed by atoms with van der Waals surface area (Å²) in [6, 6.07) is 9.21. The molecule has 0 aliphatic heterocycles. The predicted molar refractivity (Wildman–Crippen MR) is 88.8 cm³/mol. The van der Waals surface area contributed by atoms with Crippen molar-refractivity contribution in [1.29, 1.82) is 0 Å². The van der Waals surface area contributed by atoms with Crippen LogP contribution in [0.2, 0.25) is 0 Å². The number of ether oxygens (including phenoxy) is 1. The summed E-state index contributed by atoms with van der Waals surface area (Å²) in [7, 11) is 0. The largest absolute Gasteiger partial charge is 0.489 e. The predicted octanol–water partition coefficient (Wildman–Crippen LogP) is 6.30. The second-order valence-electron chi connectivity index (χ2n) is 5.00. The van der Waals surface area contributed by atoms with E-state index in [1.54, 1.807) is 19.1 Å². The first-order valence-electron chi connectivity index (χ1n) is 7.83. The van der Waals surface area contributed by atoms with Gasteiger partial charge in [-0.1, -0.05) is 74.4 Å². The van der Waals surface area contributed by atoms with Crippen molar-refractivity contribution in [3.8, 4) is 0 Å². The lowest BCUT2D eigenvalue weighted by molar-refractivity contribution is -0.130. The molecule has 1 rings (SSSR count). The molecule has 0 N–H and O–H groups in total. The van der Waals surface area contributed by atoms with Crippen LogP contribution in [0.15, 0.2) is 59.9 Å². The summed E-state index contributed by atoms with van der Waals surface area (Å²) in [6.45, 7) is 3.56. The number of halogens is 3. The quantitative estimate of drug-likeness (QED) is 0.310.